The fourth-order valence-corrected chi connectivity index (χ4v) is 2.35. The number of hydrogen-bond donors (Lipinski definition) is 1. The van der Waals surface area contributed by atoms with Gasteiger partial charge in [-0.2, -0.15) is 5.10 Å². The Kier molecular flexibility index (Phi) is 3.43. The molecule has 18 heavy (non-hydrogen) atoms. The number of amides is 1. The molecule has 0 saturated carbocycles. The number of nitrogens with zero attached hydrogens (tertiary/aromatic N) is 3. The molecule has 1 N–H and O–H groups in total. The minimum Gasteiger partial charge on any atom is -0.390 e. The number of aromatic nitrogens is 2. The van der Waals surface area contributed by atoms with Crippen LogP contribution in [0.15, 0.2) is 6.20 Å². The molecule has 0 aromatic carbocycles. The van der Waals surface area contributed by atoms with Crippen LogP contribution in [0.5, 0.6) is 0 Å². The lowest BCUT2D eigenvalue weighted by atomic mass is 9.98. The second kappa shape index (κ2) is 4.72. The SMILES string of the molecule is Cc1c(C(=O)N2CCCC(C)(O)CC2)cnn1C. The van der Waals surface area contributed by atoms with Gasteiger partial charge in [-0.05, 0) is 33.1 Å². The first-order valence-corrected chi connectivity index (χ1v) is 6.41. The maximum absolute atomic E-state index is 12.4. The topological polar surface area (TPSA) is 58.4 Å². The molecule has 1 aliphatic rings. The van der Waals surface area contributed by atoms with Gasteiger partial charge >= 0.3 is 0 Å². The lowest BCUT2D eigenvalue weighted by Crippen LogP contribution is -2.33. The summed E-state index contributed by atoms with van der Waals surface area (Å²) in [6.45, 7) is 5.06. The molecule has 1 aliphatic heterocycles. The first-order valence-electron chi connectivity index (χ1n) is 6.41. The number of hydrogen-bond acceptors (Lipinski definition) is 3. The second-order valence-corrected chi connectivity index (χ2v) is 5.41. The predicted octanol–water partition coefficient (Wildman–Crippen LogP) is 1.11. The Balaban J connectivity index is 2.12. The number of carbonyl (C=O) groups is 1. The van der Waals surface area contributed by atoms with Gasteiger partial charge < -0.3 is 10.0 Å². The Morgan fingerprint density at radius 3 is 2.78 bits per heavy atom. The molecule has 1 unspecified atom stereocenters. The molecule has 5 nitrogen and oxygen atoms in total. The van der Waals surface area contributed by atoms with Crippen LogP contribution < -0.4 is 0 Å². The number of rotatable bonds is 1. The van der Waals surface area contributed by atoms with Crippen LogP contribution in [-0.2, 0) is 7.05 Å². The fraction of sp³-hybridized carbons (Fsp3) is 0.692. The summed E-state index contributed by atoms with van der Waals surface area (Å²) in [6.07, 6.45) is 3.86. The van der Waals surface area contributed by atoms with Crippen molar-refractivity contribution in [2.75, 3.05) is 13.1 Å². The summed E-state index contributed by atoms with van der Waals surface area (Å²) in [5.74, 6) is 0.0262. The Bertz CT molecular complexity index is 451. The van der Waals surface area contributed by atoms with Gasteiger partial charge in [-0.25, -0.2) is 0 Å². The van der Waals surface area contributed by atoms with Crippen molar-refractivity contribution in [3.63, 3.8) is 0 Å². The van der Waals surface area contributed by atoms with Crippen LogP contribution in [0.2, 0.25) is 0 Å². The summed E-state index contributed by atoms with van der Waals surface area (Å²) in [5, 5.41) is 14.1. The molecule has 1 aromatic rings. The summed E-state index contributed by atoms with van der Waals surface area (Å²) < 4.78 is 1.71. The normalized spacial score (nSPS) is 25.0. The predicted molar refractivity (Wildman–Crippen MR) is 68.3 cm³/mol. The highest BCUT2D eigenvalue weighted by Gasteiger charge is 2.28. The Hall–Kier alpha value is -1.36. The first-order chi connectivity index (χ1) is 8.41. The van der Waals surface area contributed by atoms with Gasteiger partial charge in [0.25, 0.3) is 5.91 Å². The van der Waals surface area contributed by atoms with E-state index in [1.807, 2.05) is 25.8 Å². The van der Waals surface area contributed by atoms with Gasteiger partial charge in [-0.15, -0.1) is 0 Å². The highest BCUT2D eigenvalue weighted by atomic mass is 16.3. The van der Waals surface area contributed by atoms with E-state index in [1.54, 1.807) is 10.9 Å². The molecule has 2 heterocycles. The van der Waals surface area contributed by atoms with Gasteiger partial charge in [0.05, 0.1) is 17.4 Å². The third-order valence-electron chi connectivity index (χ3n) is 3.82. The van der Waals surface area contributed by atoms with Crippen LogP contribution in [0.25, 0.3) is 0 Å². The summed E-state index contributed by atoms with van der Waals surface area (Å²) in [6, 6.07) is 0. The average Bonchev–Trinajstić information content (AvgIpc) is 2.53. The zero-order chi connectivity index (χ0) is 13.3. The summed E-state index contributed by atoms with van der Waals surface area (Å²) in [7, 11) is 1.83. The molecule has 1 amide bonds. The van der Waals surface area contributed by atoms with Crippen molar-refractivity contribution < 1.29 is 9.90 Å². The molecule has 1 aromatic heterocycles. The molecule has 1 atom stereocenters. The molecule has 0 aliphatic carbocycles. The van der Waals surface area contributed by atoms with Crippen LogP contribution in [0.1, 0.15) is 42.2 Å². The lowest BCUT2D eigenvalue weighted by molar-refractivity contribution is 0.0438. The highest BCUT2D eigenvalue weighted by Crippen LogP contribution is 2.22. The van der Waals surface area contributed by atoms with E-state index in [9.17, 15) is 9.90 Å². The second-order valence-electron chi connectivity index (χ2n) is 5.41. The monoisotopic (exact) mass is 251 g/mol. The summed E-state index contributed by atoms with van der Waals surface area (Å²) >= 11 is 0. The third-order valence-corrected chi connectivity index (χ3v) is 3.82. The minimum atomic E-state index is -0.640. The van der Waals surface area contributed by atoms with Crippen molar-refractivity contribution in [3.8, 4) is 0 Å². The lowest BCUT2D eigenvalue weighted by Gasteiger charge is -2.22. The van der Waals surface area contributed by atoms with Crippen molar-refractivity contribution in [1.82, 2.24) is 14.7 Å². The number of likely N-dealkylation sites (tertiary alicyclic amines) is 1. The molecule has 100 valence electrons. The maximum atomic E-state index is 12.4. The van der Waals surface area contributed by atoms with Crippen molar-refractivity contribution in [3.05, 3.63) is 17.5 Å². The van der Waals surface area contributed by atoms with Gasteiger partial charge in [-0.1, -0.05) is 0 Å². The van der Waals surface area contributed by atoms with E-state index in [1.165, 1.54) is 0 Å². The van der Waals surface area contributed by atoms with E-state index >= 15 is 0 Å². The molecule has 5 heteroatoms. The standard InChI is InChI=1S/C13H21N3O2/c1-10-11(9-14-15(10)3)12(17)16-7-4-5-13(2,18)6-8-16/h9,18H,4-8H2,1-3H3. The van der Waals surface area contributed by atoms with Crippen molar-refractivity contribution in [1.29, 1.82) is 0 Å². The smallest absolute Gasteiger partial charge is 0.257 e. The van der Waals surface area contributed by atoms with Crippen LogP contribution >= 0.6 is 0 Å². The molecule has 0 spiro atoms. The Morgan fingerprint density at radius 1 is 1.44 bits per heavy atom. The van der Waals surface area contributed by atoms with E-state index in [4.69, 9.17) is 0 Å². The van der Waals surface area contributed by atoms with E-state index in [0.29, 0.717) is 25.1 Å². The van der Waals surface area contributed by atoms with Gasteiger partial charge in [-0.3, -0.25) is 9.48 Å². The van der Waals surface area contributed by atoms with E-state index in [-0.39, 0.29) is 5.91 Å². The van der Waals surface area contributed by atoms with Crippen LogP contribution in [0.3, 0.4) is 0 Å². The Morgan fingerprint density at radius 2 is 2.17 bits per heavy atom. The van der Waals surface area contributed by atoms with Gasteiger partial charge in [0, 0.05) is 25.8 Å². The number of aliphatic hydroxyl groups is 1. The largest absolute Gasteiger partial charge is 0.390 e. The molecule has 1 saturated heterocycles. The van der Waals surface area contributed by atoms with Gasteiger partial charge in [0.1, 0.15) is 0 Å². The fourth-order valence-electron chi connectivity index (χ4n) is 2.35. The maximum Gasteiger partial charge on any atom is 0.257 e. The van der Waals surface area contributed by atoms with Crippen molar-refractivity contribution in [2.45, 2.75) is 38.7 Å². The van der Waals surface area contributed by atoms with E-state index < -0.39 is 5.60 Å². The van der Waals surface area contributed by atoms with Gasteiger partial charge in [0.15, 0.2) is 0 Å². The highest BCUT2D eigenvalue weighted by molar-refractivity contribution is 5.95. The number of aryl methyl sites for hydroxylation is 1. The molecular weight excluding hydrogens is 230 g/mol. The average molecular weight is 251 g/mol. The molecule has 1 fully saturated rings. The van der Waals surface area contributed by atoms with E-state index in [0.717, 1.165) is 18.5 Å². The van der Waals surface area contributed by atoms with Crippen LogP contribution in [0, 0.1) is 6.92 Å². The number of carbonyl (C=O) groups excluding carboxylic acids is 1. The van der Waals surface area contributed by atoms with Crippen LogP contribution in [-0.4, -0.2) is 44.4 Å². The zero-order valence-electron chi connectivity index (χ0n) is 11.3. The quantitative estimate of drug-likeness (QED) is 0.813. The summed E-state index contributed by atoms with van der Waals surface area (Å²) in [5.41, 5.74) is 0.911. The zero-order valence-corrected chi connectivity index (χ0v) is 11.3. The van der Waals surface area contributed by atoms with Crippen molar-refractivity contribution >= 4 is 5.91 Å². The molecule has 0 bridgehead atoms. The third kappa shape index (κ3) is 2.56. The molecule has 2 rings (SSSR count). The Labute approximate surface area is 107 Å². The molecular formula is C13H21N3O2. The first kappa shape index (κ1) is 13.1. The van der Waals surface area contributed by atoms with E-state index in [2.05, 4.69) is 5.10 Å². The van der Waals surface area contributed by atoms with Crippen molar-refractivity contribution in [2.24, 2.45) is 7.05 Å². The van der Waals surface area contributed by atoms with Crippen LogP contribution in [0.4, 0.5) is 0 Å². The van der Waals surface area contributed by atoms with Gasteiger partial charge in [0.2, 0.25) is 0 Å². The molecule has 0 radical (unpaired) electrons. The minimum absolute atomic E-state index is 0.0262. The summed E-state index contributed by atoms with van der Waals surface area (Å²) in [4.78, 5) is 14.2.